The topological polar surface area (TPSA) is 148 Å². The first-order valence-electron chi connectivity index (χ1n) is 7.29. The summed E-state index contributed by atoms with van der Waals surface area (Å²) < 4.78 is 28.0. The van der Waals surface area contributed by atoms with Crippen LogP contribution in [0.4, 0.5) is 0 Å². The molecule has 27 heavy (non-hydrogen) atoms. The minimum absolute atomic E-state index is 0.122. The molecule has 0 unspecified atom stereocenters. The first-order chi connectivity index (χ1) is 12.8. The summed E-state index contributed by atoms with van der Waals surface area (Å²) in [6, 6.07) is 6.48. The number of H-pyrrole nitrogens is 1. The highest BCUT2D eigenvalue weighted by atomic mass is 32.2. The molecule has 0 fully saturated rings. The number of benzene rings is 1. The number of ether oxygens (including phenoxy) is 1. The van der Waals surface area contributed by atoms with E-state index in [4.69, 9.17) is 9.84 Å². The second-order valence-corrected chi connectivity index (χ2v) is 7.15. The number of nitrogens with zero attached hydrogens (tertiary/aromatic N) is 4. The minimum Gasteiger partial charge on any atom is -0.476 e. The number of carboxylic acids is 1. The Kier molecular flexibility index (Phi) is 4.82. The van der Waals surface area contributed by atoms with Crippen molar-refractivity contribution in [3.8, 4) is 23.5 Å². The normalized spacial score (nSPS) is 10.7. The van der Waals surface area contributed by atoms with Crippen molar-refractivity contribution in [2.24, 2.45) is 0 Å². The summed E-state index contributed by atoms with van der Waals surface area (Å²) in [5.74, 6) is 4.58. The highest BCUT2D eigenvalue weighted by Gasteiger charge is 2.16. The van der Waals surface area contributed by atoms with Crippen LogP contribution >= 0.6 is 0 Å². The van der Waals surface area contributed by atoms with Crippen molar-refractivity contribution in [3.63, 3.8) is 0 Å². The van der Waals surface area contributed by atoms with Crippen LogP contribution in [0.2, 0.25) is 0 Å². The third-order valence-electron chi connectivity index (χ3n) is 3.14. The number of rotatable bonds is 4. The minimum atomic E-state index is -3.41. The van der Waals surface area contributed by atoms with E-state index in [0.717, 1.165) is 12.5 Å². The number of aromatic nitrogens is 5. The SMILES string of the molecule is CS(=O)(=O)c1cnc(C#Cc2ccc(Oc3nn[nH]c3C(=O)O)cc2)cn1. The molecular formula is C16H11N5O5S. The van der Waals surface area contributed by atoms with Gasteiger partial charge in [0, 0.05) is 11.8 Å². The fraction of sp³-hybridized carbons (Fsp3) is 0.0625. The van der Waals surface area contributed by atoms with Gasteiger partial charge in [0.05, 0.1) is 12.4 Å². The van der Waals surface area contributed by atoms with E-state index >= 15 is 0 Å². The van der Waals surface area contributed by atoms with Crippen molar-refractivity contribution in [1.29, 1.82) is 0 Å². The molecule has 2 heterocycles. The Balaban J connectivity index is 1.72. The van der Waals surface area contributed by atoms with Crippen LogP contribution in [-0.4, -0.2) is 51.1 Å². The van der Waals surface area contributed by atoms with Gasteiger partial charge in [-0.1, -0.05) is 16.2 Å². The van der Waals surface area contributed by atoms with Gasteiger partial charge < -0.3 is 9.84 Å². The number of hydrogen-bond donors (Lipinski definition) is 2. The molecule has 0 aliphatic heterocycles. The number of nitrogens with one attached hydrogen (secondary N) is 1. The third kappa shape index (κ3) is 4.44. The predicted molar refractivity (Wildman–Crippen MR) is 91.0 cm³/mol. The number of sulfone groups is 1. The Morgan fingerprint density at radius 1 is 1.15 bits per heavy atom. The van der Waals surface area contributed by atoms with Crippen LogP contribution in [0.1, 0.15) is 21.7 Å². The number of aromatic amines is 1. The number of aromatic carboxylic acids is 1. The van der Waals surface area contributed by atoms with Crippen LogP contribution < -0.4 is 4.74 Å². The van der Waals surface area contributed by atoms with E-state index in [2.05, 4.69) is 37.2 Å². The summed E-state index contributed by atoms with van der Waals surface area (Å²) in [5.41, 5.74) is 0.696. The first-order valence-corrected chi connectivity index (χ1v) is 9.18. The zero-order chi connectivity index (χ0) is 19.4. The molecule has 0 bridgehead atoms. The van der Waals surface area contributed by atoms with Gasteiger partial charge in [-0.05, 0) is 30.2 Å². The monoisotopic (exact) mass is 385 g/mol. The summed E-state index contributed by atoms with van der Waals surface area (Å²) in [7, 11) is -3.41. The molecule has 0 saturated carbocycles. The zero-order valence-corrected chi connectivity index (χ0v) is 14.6. The van der Waals surface area contributed by atoms with E-state index < -0.39 is 15.8 Å². The van der Waals surface area contributed by atoms with E-state index in [0.29, 0.717) is 17.0 Å². The molecule has 0 atom stereocenters. The quantitative estimate of drug-likeness (QED) is 0.624. The fourth-order valence-corrected chi connectivity index (χ4v) is 2.34. The molecule has 1 aromatic carbocycles. The summed E-state index contributed by atoms with van der Waals surface area (Å²) >= 11 is 0. The Bertz CT molecular complexity index is 1140. The summed E-state index contributed by atoms with van der Waals surface area (Å²) in [4.78, 5) is 18.7. The predicted octanol–water partition coefficient (Wildman–Crippen LogP) is 0.889. The number of carboxylic acid groups (broad SMARTS) is 1. The van der Waals surface area contributed by atoms with Crippen LogP contribution in [0.3, 0.4) is 0 Å². The van der Waals surface area contributed by atoms with Crippen molar-refractivity contribution in [2.75, 3.05) is 6.26 Å². The molecule has 0 spiro atoms. The van der Waals surface area contributed by atoms with Crippen LogP contribution in [-0.2, 0) is 9.84 Å². The number of carbonyl (C=O) groups is 1. The van der Waals surface area contributed by atoms with E-state index in [1.165, 1.54) is 6.20 Å². The molecule has 3 rings (SSSR count). The third-order valence-corrected chi connectivity index (χ3v) is 4.11. The lowest BCUT2D eigenvalue weighted by Gasteiger charge is -2.02. The van der Waals surface area contributed by atoms with Crippen molar-refractivity contribution in [3.05, 3.63) is 53.6 Å². The van der Waals surface area contributed by atoms with E-state index in [1.54, 1.807) is 24.3 Å². The molecule has 0 aliphatic carbocycles. The van der Waals surface area contributed by atoms with Gasteiger partial charge in [0.2, 0.25) is 5.69 Å². The molecule has 11 heteroatoms. The lowest BCUT2D eigenvalue weighted by molar-refractivity contribution is 0.0687. The summed E-state index contributed by atoms with van der Waals surface area (Å²) in [6.07, 6.45) is 3.47. The lowest BCUT2D eigenvalue weighted by atomic mass is 10.2. The average Bonchev–Trinajstić information content (AvgIpc) is 3.09. The van der Waals surface area contributed by atoms with Crippen LogP contribution in [0.5, 0.6) is 11.6 Å². The first kappa shape index (κ1) is 18.0. The second kappa shape index (κ2) is 7.22. The maximum atomic E-state index is 11.3. The van der Waals surface area contributed by atoms with Gasteiger partial charge in [0.1, 0.15) is 11.4 Å². The highest BCUT2D eigenvalue weighted by molar-refractivity contribution is 7.90. The Morgan fingerprint density at radius 2 is 1.89 bits per heavy atom. The van der Waals surface area contributed by atoms with Crippen LogP contribution in [0.15, 0.2) is 41.7 Å². The van der Waals surface area contributed by atoms with Gasteiger partial charge >= 0.3 is 5.97 Å². The Labute approximate surface area is 153 Å². The zero-order valence-electron chi connectivity index (χ0n) is 13.7. The van der Waals surface area contributed by atoms with Gasteiger partial charge in [-0.15, -0.1) is 0 Å². The average molecular weight is 385 g/mol. The standard InChI is InChI=1S/C16H11N5O5S/c1-27(24,25)13-9-17-11(8-18-13)5-2-10-3-6-12(7-4-10)26-15-14(16(22)23)19-21-20-15/h3-4,6-9H,1H3,(H,22,23)(H,19,20,21). The van der Waals surface area contributed by atoms with Gasteiger partial charge in [0.25, 0.3) is 5.88 Å². The number of hydrogen-bond acceptors (Lipinski definition) is 8. The van der Waals surface area contributed by atoms with Gasteiger partial charge in [-0.3, -0.25) is 0 Å². The van der Waals surface area contributed by atoms with Crippen LogP contribution in [0.25, 0.3) is 0 Å². The maximum Gasteiger partial charge on any atom is 0.359 e. The molecule has 0 radical (unpaired) electrons. The fourth-order valence-electron chi connectivity index (χ4n) is 1.86. The van der Waals surface area contributed by atoms with Crippen molar-refractivity contribution in [1.82, 2.24) is 25.4 Å². The molecule has 2 aromatic heterocycles. The molecule has 3 aromatic rings. The van der Waals surface area contributed by atoms with Gasteiger partial charge in [-0.25, -0.2) is 28.3 Å². The highest BCUT2D eigenvalue weighted by Crippen LogP contribution is 2.21. The van der Waals surface area contributed by atoms with Crippen LogP contribution in [0, 0.1) is 11.8 Å². The molecule has 0 amide bonds. The van der Waals surface area contributed by atoms with E-state index in [-0.39, 0.29) is 16.6 Å². The molecule has 10 nitrogen and oxygen atoms in total. The van der Waals surface area contributed by atoms with Gasteiger partial charge in [0.15, 0.2) is 14.9 Å². The van der Waals surface area contributed by atoms with E-state index in [1.807, 2.05) is 0 Å². The smallest absolute Gasteiger partial charge is 0.359 e. The maximum absolute atomic E-state index is 11.3. The summed E-state index contributed by atoms with van der Waals surface area (Å²) in [6.45, 7) is 0. The van der Waals surface area contributed by atoms with Crippen molar-refractivity contribution >= 4 is 15.8 Å². The van der Waals surface area contributed by atoms with Crippen molar-refractivity contribution in [2.45, 2.75) is 5.03 Å². The lowest BCUT2D eigenvalue weighted by Crippen LogP contribution is -2.01. The van der Waals surface area contributed by atoms with E-state index in [9.17, 15) is 13.2 Å². The Morgan fingerprint density at radius 3 is 2.48 bits per heavy atom. The van der Waals surface area contributed by atoms with Crippen molar-refractivity contribution < 1.29 is 23.1 Å². The second-order valence-electron chi connectivity index (χ2n) is 5.19. The molecule has 0 saturated heterocycles. The van der Waals surface area contributed by atoms with Gasteiger partial charge in [-0.2, -0.15) is 0 Å². The molecule has 136 valence electrons. The molecule has 0 aliphatic rings. The largest absolute Gasteiger partial charge is 0.476 e. The Hall–Kier alpha value is -3.78. The molecular weight excluding hydrogens is 374 g/mol. The molecule has 2 N–H and O–H groups in total. The summed E-state index contributed by atoms with van der Waals surface area (Å²) in [5, 5.41) is 18.0.